The van der Waals surface area contributed by atoms with Gasteiger partial charge in [-0.15, -0.1) is 0 Å². The Bertz CT molecular complexity index is 3890. The molecule has 6 nitrogen and oxygen atoms in total. The van der Waals surface area contributed by atoms with Crippen LogP contribution in [0.4, 0.5) is 0 Å². The molecular formula is C59H39N5O. The van der Waals surface area contributed by atoms with E-state index in [0.717, 1.165) is 93.6 Å². The number of ether oxygens (including phenoxy) is 1. The van der Waals surface area contributed by atoms with E-state index >= 15 is 0 Å². The number of pyridine rings is 2. The van der Waals surface area contributed by atoms with E-state index in [4.69, 9.17) is 9.72 Å². The van der Waals surface area contributed by atoms with Crippen molar-refractivity contribution in [2.45, 2.75) is 6.85 Å². The van der Waals surface area contributed by atoms with Gasteiger partial charge in [-0.25, -0.2) is 4.98 Å². The fourth-order valence-corrected chi connectivity index (χ4v) is 9.96. The molecule has 5 heterocycles. The van der Waals surface area contributed by atoms with Crippen LogP contribution in [0.1, 0.15) is 9.68 Å². The van der Waals surface area contributed by atoms with Crippen LogP contribution in [0, 0.1) is 6.85 Å². The van der Waals surface area contributed by atoms with E-state index in [9.17, 15) is 4.11 Å². The first kappa shape index (κ1) is 33.8. The average Bonchev–Trinajstić information content (AvgIpc) is 4.02. The first-order valence-electron chi connectivity index (χ1n) is 23.2. The molecule has 0 saturated heterocycles. The van der Waals surface area contributed by atoms with E-state index in [1.54, 1.807) is 18.5 Å². The summed E-state index contributed by atoms with van der Waals surface area (Å²) in [6.45, 7) is -2.55. The number of aryl methyl sites for hydroxylation is 1. The Morgan fingerprint density at radius 2 is 0.923 bits per heavy atom. The summed E-state index contributed by atoms with van der Waals surface area (Å²) in [6, 6.07) is 69.6. The molecule has 65 heavy (non-hydrogen) atoms. The highest BCUT2D eigenvalue weighted by Crippen LogP contribution is 2.44. The minimum absolute atomic E-state index is 0.183. The Hall–Kier alpha value is -8.74. The van der Waals surface area contributed by atoms with Gasteiger partial charge in [-0.2, -0.15) is 0 Å². The summed E-state index contributed by atoms with van der Waals surface area (Å²) in [5.41, 5.74) is 10.7. The van der Waals surface area contributed by atoms with Crippen LogP contribution >= 0.6 is 0 Å². The number of rotatable bonds is 7. The van der Waals surface area contributed by atoms with Crippen molar-refractivity contribution in [2.75, 3.05) is 0 Å². The van der Waals surface area contributed by atoms with Crippen molar-refractivity contribution >= 4 is 65.4 Å². The number of hydrogen-bond acceptors (Lipinski definition) is 3. The van der Waals surface area contributed by atoms with Crippen molar-refractivity contribution in [1.82, 2.24) is 23.7 Å². The van der Waals surface area contributed by atoms with Crippen LogP contribution < -0.4 is 4.74 Å². The third-order valence-electron chi connectivity index (χ3n) is 12.7. The summed E-state index contributed by atoms with van der Waals surface area (Å²) in [4.78, 5) is 9.80. The van der Waals surface area contributed by atoms with Crippen LogP contribution in [0.25, 0.3) is 105 Å². The third-order valence-corrected chi connectivity index (χ3v) is 12.7. The number of hydrogen-bond donors (Lipinski definition) is 0. The van der Waals surface area contributed by atoms with Crippen molar-refractivity contribution in [3.63, 3.8) is 0 Å². The van der Waals surface area contributed by atoms with E-state index in [1.165, 1.54) is 0 Å². The number of nitrogens with zero attached hydrogens (tertiary/aromatic N) is 5. The molecule has 0 saturated carbocycles. The molecule has 0 atom stereocenters. The molecule has 0 bridgehead atoms. The Morgan fingerprint density at radius 3 is 1.48 bits per heavy atom. The molecule has 0 aliphatic rings. The van der Waals surface area contributed by atoms with Crippen LogP contribution in [0.3, 0.4) is 0 Å². The smallest absolute Gasteiger partial charge is 0.137 e. The fourth-order valence-electron chi connectivity index (χ4n) is 9.96. The zero-order chi connectivity index (χ0) is 45.5. The lowest BCUT2D eigenvalue weighted by atomic mass is 9.98. The largest absolute Gasteiger partial charge is 0.457 e. The Morgan fingerprint density at radius 1 is 0.415 bits per heavy atom. The monoisotopic (exact) mass is 836 g/mol. The molecule has 0 fully saturated rings. The van der Waals surface area contributed by atoms with Gasteiger partial charge in [0.25, 0.3) is 0 Å². The lowest BCUT2D eigenvalue weighted by molar-refractivity contribution is 0.483. The number of aromatic nitrogens is 5. The molecule has 13 aromatic rings. The van der Waals surface area contributed by atoms with E-state index in [-0.39, 0.29) is 5.56 Å². The van der Waals surface area contributed by atoms with Crippen LogP contribution in [-0.2, 0) is 0 Å². The van der Waals surface area contributed by atoms with Crippen molar-refractivity contribution in [1.29, 1.82) is 0 Å². The minimum atomic E-state index is -2.55. The maximum absolute atomic E-state index is 9.32. The second-order valence-electron chi connectivity index (χ2n) is 16.4. The van der Waals surface area contributed by atoms with Crippen molar-refractivity contribution < 1.29 is 8.85 Å². The summed E-state index contributed by atoms with van der Waals surface area (Å²) in [5.74, 6) is 1.78. The zero-order valence-corrected chi connectivity index (χ0v) is 34.9. The average molecular weight is 837 g/mol. The molecule has 306 valence electrons. The van der Waals surface area contributed by atoms with Crippen molar-refractivity contribution in [3.8, 4) is 51.1 Å². The molecule has 0 amide bonds. The minimum Gasteiger partial charge on any atom is -0.457 e. The molecule has 8 aromatic carbocycles. The first-order valence-corrected chi connectivity index (χ1v) is 21.7. The number of fused-ring (bicyclic) bond motifs is 9. The Balaban J connectivity index is 1.06. The summed E-state index contributed by atoms with van der Waals surface area (Å²) in [5, 5.41) is 6.43. The van der Waals surface area contributed by atoms with E-state index < -0.39 is 6.85 Å². The number of benzene rings is 8. The van der Waals surface area contributed by atoms with Crippen molar-refractivity contribution in [2.24, 2.45) is 0 Å². The van der Waals surface area contributed by atoms with Crippen LogP contribution in [0.2, 0.25) is 0 Å². The van der Waals surface area contributed by atoms with Crippen LogP contribution in [0.5, 0.6) is 11.5 Å². The van der Waals surface area contributed by atoms with Crippen LogP contribution in [0.15, 0.2) is 219 Å². The van der Waals surface area contributed by atoms with Crippen molar-refractivity contribution in [3.05, 3.63) is 224 Å². The lowest BCUT2D eigenvalue weighted by Crippen LogP contribution is -2.05. The highest BCUT2D eigenvalue weighted by molar-refractivity contribution is 6.12. The zero-order valence-electron chi connectivity index (χ0n) is 37.9. The molecular weight excluding hydrogens is 795 g/mol. The standard InChI is InChI=1S/C59H39N5O/c1-38-34-58(64-54-28-11-6-22-46(54)47-32-31-41(36-57(47)64)65-40-17-14-16-39(35-40)49-23-12-13-33-60-49)61-37-48(38)59-55(62-50-24-7-2-18-42(50)43-19-3-8-25-51(43)62)29-15-30-56(59)63-52-26-9-4-20-44(52)45-21-5-10-27-53(45)63/h2-37H,1H3/i1D3. The molecule has 6 heteroatoms. The van der Waals surface area contributed by atoms with Gasteiger partial charge in [-0.1, -0.05) is 115 Å². The molecule has 0 aliphatic heterocycles. The number of para-hydroxylation sites is 5. The maximum atomic E-state index is 9.32. The maximum Gasteiger partial charge on any atom is 0.137 e. The third kappa shape index (κ3) is 5.81. The van der Waals surface area contributed by atoms with Gasteiger partial charge in [0.05, 0.1) is 50.2 Å². The predicted octanol–water partition coefficient (Wildman–Crippen LogP) is 15.2. The second kappa shape index (κ2) is 14.7. The van der Waals surface area contributed by atoms with Gasteiger partial charge in [0, 0.05) is 71.6 Å². The molecule has 0 spiro atoms. The van der Waals surface area contributed by atoms with Gasteiger partial charge >= 0.3 is 0 Å². The summed E-state index contributed by atoms with van der Waals surface area (Å²) in [6.07, 6.45) is 3.55. The van der Waals surface area contributed by atoms with Crippen LogP contribution in [-0.4, -0.2) is 23.7 Å². The van der Waals surface area contributed by atoms with Gasteiger partial charge < -0.3 is 13.9 Å². The molecule has 0 unspecified atom stereocenters. The molecule has 0 radical (unpaired) electrons. The summed E-state index contributed by atoms with van der Waals surface area (Å²) >= 11 is 0. The van der Waals surface area contributed by atoms with Gasteiger partial charge in [0.1, 0.15) is 17.3 Å². The Kier molecular flexibility index (Phi) is 7.64. The van der Waals surface area contributed by atoms with Gasteiger partial charge in [-0.3, -0.25) is 9.55 Å². The fraction of sp³-hybridized carbons (Fsp3) is 0.0169. The SMILES string of the molecule is [2H]C([2H])([2H])c1cc(-n2c3ccccc3c3ccc(Oc4cccc(-c5ccccn5)c4)cc32)ncc1-c1c(-n2c3ccccc3c3ccccc32)cccc1-n1c2ccccc2c2ccccc21. The van der Waals surface area contributed by atoms with E-state index in [1.807, 2.05) is 71.3 Å². The molecule has 13 rings (SSSR count). The topological polar surface area (TPSA) is 49.8 Å². The van der Waals surface area contributed by atoms with Gasteiger partial charge in [-0.05, 0) is 97.3 Å². The highest BCUT2D eigenvalue weighted by Gasteiger charge is 2.24. The molecule has 5 aromatic heterocycles. The second-order valence-corrected chi connectivity index (χ2v) is 16.4. The molecule has 0 N–H and O–H groups in total. The van der Waals surface area contributed by atoms with Gasteiger partial charge in [0.2, 0.25) is 0 Å². The summed E-state index contributed by atoms with van der Waals surface area (Å²) < 4.78 is 41.1. The quantitative estimate of drug-likeness (QED) is 0.161. The molecule has 0 aliphatic carbocycles. The highest BCUT2D eigenvalue weighted by atomic mass is 16.5. The van der Waals surface area contributed by atoms with Gasteiger partial charge in [0.15, 0.2) is 0 Å². The normalized spacial score (nSPS) is 12.6. The summed E-state index contributed by atoms with van der Waals surface area (Å²) in [7, 11) is 0. The van der Waals surface area contributed by atoms with E-state index in [2.05, 4.69) is 148 Å². The van der Waals surface area contributed by atoms with E-state index in [0.29, 0.717) is 22.9 Å². The Labute approximate surface area is 378 Å². The predicted molar refractivity (Wildman–Crippen MR) is 267 cm³/mol. The first-order chi connectivity index (χ1) is 33.4. The lowest BCUT2D eigenvalue weighted by Gasteiger charge is -2.21.